The second kappa shape index (κ2) is 8.52. The van der Waals surface area contributed by atoms with Crippen LogP contribution in [0.3, 0.4) is 0 Å². The van der Waals surface area contributed by atoms with Gasteiger partial charge < -0.3 is 10.1 Å². The van der Waals surface area contributed by atoms with E-state index >= 15 is 0 Å². The maximum absolute atomic E-state index is 12.4. The normalized spacial score (nSPS) is 10.8. The van der Waals surface area contributed by atoms with Gasteiger partial charge in [-0.25, -0.2) is 4.68 Å². The third-order valence-electron chi connectivity index (χ3n) is 4.47. The summed E-state index contributed by atoms with van der Waals surface area (Å²) in [6, 6.07) is 16.0. The second-order valence-corrected chi connectivity index (χ2v) is 6.26. The molecule has 0 atom stereocenters. The number of carbonyl (C=O) groups is 1. The average Bonchev–Trinajstić information content (AvgIpc) is 3.05. The quantitative estimate of drug-likeness (QED) is 0.628. The molecule has 1 amide bonds. The molecule has 0 unspecified atom stereocenters. The third-order valence-corrected chi connectivity index (χ3v) is 4.47. The lowest BCUT2D eigenvalue weighted by molar-refractivity contribution is 0.0953. The van der Waals surface area contributed by atoms with Crippen molar-refractivity contribution < 1.29 is 9.53 Å². The Morgan fingerprint density at radius 3 is 2.69 bits per heavy atom. The molecule has 0 saturated heterocycles. The number of nitrogens with zero attached hydrogens (tertiary/aromatic N) is 2. The molecule has 0 aliphatic rings. The molecule has 0 fully saturated rings. The van der Waals surface area contributed by atoms with Crippen LogP contribution in [0.15, 0.2) is 48.5 Å². The van der Waals surface area contributed by atoms with Gasteiger partial charge in [0.15, 0.2) is 0 Å². The summed E-state index contributed by atoms with van der Waals surface area (Å²) < 4.78 is 7.22. The minimum Gasteiger partial charge on any atom is -0.481 e. The highest BCUT2D eigenvalue weighted by atomic mass is 16.5. The van der Waals surface area contributed by atoms with Gasteiger partial charge in [0.25, 0.3) is 5.91 Å². The smallest absolute Gasteiger partial charge is 0.251 e. The fraction of sp³-hybridized carbons (Fsp3) is 0.333. The summed E-state index contributed by atoms with van der Waals surface area (Å²) in [5.74, 6) is 0.673. The van der Waals surface area contributed by atoms with Crippen LogP contribution >= 0.6 is 0 Å². The minimum absolute atomic E-state index is 0.0587. The summed E-state index contributed by atoms with van der Waals surface area (Å²) in [4.78, 5) is 12.4. The van der Waals surface area contributed by atoms with Crippen molar-refractivity contribution in [3.05, 3.63) is 59.7 Å². The van der Waals surface area contributed by atoms with Gasteiger partial charge in [-0.1, -0.05) is 30.3 Å². The molecule has 0 radical (unpaired) electrons. The van der Waals surface area contributed by atoms with Gasteiger partial charge in [0, 0.05) is 18.7 Å². The zero-order valence-electron chi connectivity index (χ0n) is 15.4. The van der Waals surface area contributed by atoms with E-state index in [-0.39, 0.29) is 5.91 Å². The fourth-order valence-corrected chi connectivity index (χ4v) is 3.08. The number of benzene rings is 2. The number of amides is 1. The second-order valence-electron chi connectivity index (χ2n) is 6.26. The third kappa shape index (κ3) is 4.04. The monoisotopic (exact) mass is 351 g/mol. The van der Waals surface area contributed by atoms with E-state index in [1.54, 1.807) is 11.8 Å². The Bertz CT molecular complexity index is 872. The van der Waals surface area contributed by atoms with Crippen LogP contribution in [-0.4, -0.2) is 29.3 Å². The van der Waals surface area contributed by atoms with Crippen molar-refractivity contribution in [2.45, 2.75) is 32.7 Å². The van der Waals surface area contributed by atoms with E-state index in [0.29, 0.717) is 12.1 Å². The number of aryl methyl sites for hydroxylation is 2. The van der Waals surface area contributed by atoms with Crippen molar-refractivity contribution in [3.8, 4) is 5.88 Å². The van der Waals surface area contributed by atoms with Gasteiger partial charge in [-0.15, -0.1) is 0 Å². The van der Waals surface area contributed by atoms with Crippen molar-refractivity contribution in [1.29, 1.82) is 0 Å². The first kappa shape index (κ1) is 18.0. The van der Waals surface area contributed by atoms with Gasteiger partial charge >= 0.3 is 0 Å². The molecule has 5 heteroatoms. The van der Waals surface area contributed by atoms with E-state index in [1.165, 1.54) is 5.56 Å². The number of rotatable bonds is 8. The van der Waals surface area contributed by atoms with Gasteiger partial charge in [0.2, 0.25) is 5.88 Å². The minimum atomic E-state index is -0.0587. The zero-order valence-corrected chi connectivity index (χ0v) is 15.4. The van der Waals surface area contributed by atoms with Gasteiger partial charge in [-0.2, -0.15) is 5.10 Å². The Kier molecular flexibility index (Phi) is 5.89. The van der Waals surface area contributed by atoms with Crippen molar-refractivity contribution in [3.63, 3.8) is 0 Å². The number of ether oxygens (including phenoxy) is 1. The molecule has 5 nitrogen and oxygen atoms in total. The summed E-state index contributed by atoms with van der Waals surface area (Å²) in [5, 5.41) is 8.42. The maximum Gasteiger partial charge on any atom is 0.251 e. The van der Waals surface area contributed by atoms with E-state index in [2.05, 4.69) is 34.7 Å². The predicted octanol–water partition coefficient (Wildman–Crippen LogP) is 3.82. The predicted molar refractivity (Wildman–Crippen MR) is 104 cm³/mol. The van der Waals surface area contributed by atoms with Crippen LogP contribution in [0.5, 0.6) is 5.88 Å². The van der Waals surface area contributed by atoms with Crippen LogP contribution in [0.25, 0.3) is 10.9 Å². The average molecular weight is 351 g/mol. The van der Waals surface area contributed by atoms with Crippen molar-refractivity contribution in [1.82, 2.24) is 15.1 Å². The van der Waals surface area contributed by atoms with Gasteiger partial charge in [0.05, 0.1) is 18.0 Å². The summed E-state index contributed by atoms with van der Waals surface area (Å²) in [7, 11) is 1.64. The first-order valence-corrected chi connectivity index (χ1v) is 9.09. The first-order chi connectivity index (χ1) is 12.7. The summed E-state index contributed by atoms with van der Waals surface area (Å²) in [6.45, 7) is 3.41. The SMILES string of the molecule is CCn1nc2cc(C(=O)NCCCCc3ccccc3)ccc2c1OC. The number of carbonyl (C=O) groups excluding carboxylic acids is 1. The molecule has 2 aromatic carbocycles. The molecule has 0 aliphatic carbocycles. The number of hydrogen-bond acceptors (Lipinski definition) is 3. The molecule has 1 aromatic heterocycles. The van der Waals surface area contributed by atoms with Crippen LogP contribution in [-0.2, 0) is 13.0 Å². The number of unbranched alkanes of at least 4 members (excludes halogenated alkanes) is 1. The highest BCUT2D eigenvalue weighted by Crippen LogP contribution is 2.26. The van der Waals surface area contributed by atoms with Gasteiger partial charge in [-0.05, 0) is 49.9 Å². The summed E-state index contributed by atoms with van der Waals surface area (Å²) in [6.07, 6.45) is 3.06. The molecule has 3 rings (SSSR count). The topological polar surface area (TPSA) is 56.2 Å². The van der Waals surface area contributed by atoms with Crippen molar-refractivity contribution in [2.75, 3.05) is 13.7 Å². The Morgan fingerprint density at radius 2 is 1.96 bits per heavy atom. The molecule has 0 spiro atoms. The Hall–Kier alpha value is -2.82. The van der Waals surface area contributed by atoms with Crippen LogP contribution in [0, 0.1) is 0 Å². The molecule has 0 bridgehead atoms. The number of hydrogen-bond donors (Lipinski definition) is 1. The number of methoxy groups -OCH3 is 1. The van der Waals surface area contributed by atoms with Crippen LogP contribution in [0.1, 0.15) is 35.7 Å². The molecular formula is C21H25N3O2. The Morgan fingerprint density at radius 1 is 1.15 bits per heavy atom. The van der Waals surface area contributed by atoms with Crippen LogP contribution in [0.4, 0.5) is 0 Å². The molecule has 26 heavy (non-hydrogen) atoms. The van der Waals surface area contributed by atoms with E-state index in [0.717, 1.165) is 42.6 Å². The van der Waals surface area contributed by atoms with E-state index in [9.17, 15) is 4.79 Å². The molecule has 0 aliphatic heterocycles. The number of nitrogens with one attached hydrogen (secondary N) is 1. The van der Waals surface area contributed by atoms with Crippen molar-refractivity contribution in [2.24, 2.45) is 0 Å². The van der Waals surface area contributed by atoms with Gasteiger partial charge in [0.1, 0.15) is 0 Å². The standard InChI is InChI=1S/C21H25N3O2/c1-3-24-21(26-2)18-13-12-17(15-19(18)23-24)20(25)22-14-8-7-11-16-9-5-4-6-10-16/h4-6,9-10,12-13,15H,3,7-8,11,14H2,1-2H3,(H,22,25). The maximum atomic E-state index is 12.4. The Labute approximate surface area is 154 Å². The lowest BCUT2D eigenvalue weighted by Gasteiger charge is -2.06. The molecular weight excluding hydrogens is 326 g/mol. The fourth-order valence-electron chi connectivity index (χ4n) is 3.08. The van der Waals surface area contributed by atoms with Crippen LogP contribution < -0.4 is 10.1 Å². The van der Waals surface area contributed by atoms with E-state index in [1.807, 2.05) is 31.2 Å². The highest BCUT2D eigenvalue weighted by Gasteiger charge is 2.13. The largest absolute Gasteiger partial charge is 0.481 e. The molecule has 1 N–H and O–H groups in total. The zero-order chi connectivity index (χ0) is 18.4. The summed E-state index contributed by atoms with van der Waals surface area (Å²) >= 11 is 0. The lowest BCUT2D eigenvalue weighted by Crippen LogP contribution is -2.24. The van der Waals surface area contributed by atoms with E-state index < -0.39 is 0 Å². The van der Waals surface area contributed by atoms with Crippen LogP contribution in [0.2, 0.25) is 0 Å². The molecule has 1 heterocycles. The first-order valence-electron chi connectivity index (χ1n) is 9.09. The molecule has 3 aromatic rings. The van der Waals surface area contributed by atoms with Crippen molar-refractivity contribution >= 4 is 16.8 Å². The number of aromatic nitrogens is 2. The van der Waals surface area contributed by atoms with E-state index in [4.69, 9.17) is 4.74 Å². The van der Waals surface area contributed by atoms with Gasteiger partial charge in [-0.3, -0.25) is 4.79 Å². The summed E-state index contributed by atoms with van der Waals surface area (Å²) in [5.41, 5.74) is 2.74. The molecule has 0 saturated carbocycles. The Balaban J connectivity index is 1.54. The highest BCUT2D eigenvalue weighted by molar-refractivity contribution is 5.98. The number of fused-ring (bicyclic) bond motifs is 1. The molecule has 136 valence electrons. The lowest BCUT2D eigenvalue weighted by atomic mass is 10.1.